The van der Waals surface area contributed by atoms with E-state index in [4.69, 9.17) is 21.1 Å². The van der Waals surface area contributed by atoms with Crippen LogP contribution in [0.4, 0.5) is 5.69 Å². The van der Waals surface area contributed by atoms with Gasteiger partial charge in [-0.15, -0.1) is 0 Å². The highest BCUT2D eigenvalue weighted by Gasteiger charge is 2.20. The summed E-state index contributed by atoms with van der Waals surface area (Å²) < 4.78 is 10.5. The number of rotatable bonds is 8. The minimum Gasteiger partial charge on any atom is -0.494 e. The number of nitro benzene ring substituents is 1. The van der Waals surface area contributed by atoms with Crippen molar-refractivity contribution in [1.29, 1.82) is 0 Å². The minimum absolute atomic E-state index is 0.116. The Hall–Kier alpha value is -2.80. The largest absolute Gasteiger partial charge is 0.494 e. The first kappa shape index (κ1) is 19.5. The number of amides is 1. The summed E-state index contributed by atoms with van der Waals surface area (Å²) in [6.45, 7) is 0.883. The molecule has 0 atom stereocenters. The number of benzene rings is 2. The molecule has 0 N–H and O–H groups in total. The lowest BCUT2D eigenvalue weighted by Crippen LogP contribution is -2.28. The van der Waals surface area contributed by atoms with Crippen molar-refractivity contribution in [2.45, 2.75) is 6.42 Å². The van der Waals surface area contributed by atoms with Crippen molar-refractivity contribution in [2.75, 3.05) is 27.3 Å². The topological polar surface area (TPSA) is 81.9 Å². The van der Waals surface area contributed by atoms with E-state index in [9.17, 15) is 14.9 Å². The maximum absolute atomic E-state index is 12.4. The van der Waals surface area contributed by atoms with E-state index >= 15 is 0 Å². The highest BCUT2D eigenvalue weighted by molar-refractivity contribution is 6.30. The lowest BCUT2D eigenvalue weighted by Gasteiger charge is -2.17. The third-order valence-corrected chi connectivity index (χ3v) is 3.94. The smallest absolute Gasteiger partial charge is 0.311 e. The molecule has 0 fully saturated rings. The second-order valence-corrected chi connectivity index (χ2v) is 5.96. The minimum atomic E-state index is -0.574. The molecule has 138 valence electrons. The zero-order valence-corrected chi connectivity index (χ0v) is 15.2. The van der Waals surface area contributed by atoms with Crippen molar-refractivity contribution in [3.63, 3.8) is 0 Å². The van der Waals surface area contributed by atoms with Gasteiger partial charge in [-0.25, -0.2) is 0 Å². The Balaban J connectivity index is 1.89. The van der Waals surface area contributed by atoms with Gasteiger partial charge in [-0.3, -0.25) is 14.9 Å². The molecule has 0 saturated carbocycles. The summed E-state index contributed by atoms with van der Waals surface area (Å²) in [4.78, 5) is 24.4. The molecule has 2 rings (SSSR count). The van der Waals surface area contributed by atoms with E-state index in [0.29, 0.717) is 30.3 Å². The fraction of sp³-hybridized carbons (Fsp3) is 0.278. The molecule has 0 bridgehead atoms. The van der Waals surface area contributed by atoms with Gasteiger partial charge in [0.2, 0.25) is 0 Å². The SMILES string of the molecule is COc1ccc(C(=O)N(C)CCCOc2ccc(Cl)cc2)cc1[N+](=O)[O-]. The van der Waals surface area contributed by atoms with E-state index in [1.165, 1.54) is 30.2 Å². The van der Waals surface area contributed by atoms with Crippen molar-refractivity contribution >= 4 is 23.2 Å². The lowest BCUT2D eigenvalue weighted by atomic mass is 10.1. The van der Waals surface area contributed by atoms with E-state index in [2.05, 4.69) is 0 Å². The second kappa shape index (κ2) is 9.05. The highest BCUT2D eigenvalue weighted by Crippen LogP contribution is 2.27. The first-order chi connectivity index (χ1) is 12.4. The molecule has 0 radical (unpaired) electrons. The van der Waals surface area contributed by atoms with Gasteiger partial charge in [0.25, 0.3) is 5.91 Å². The first-order valence-corrected chi connectivity index (χ1v) is 8.26. The van der Waals surface area contributed by atoms with Gasteiger partial charge in [0.15, 0.2) is 5.75 Å². The van der Waals surface area contributed by atoms with Crippen molar-refractivity contribution in [1.82, 2.24) is 4.90 Å². The van der Waals surface area contributed by atoms with Crippen LogP contribution in [0.3, 0.4) is 0 Å². The van der Waals surface area contributed by atoms with Gasteiger partial charge >= 0.3 is 5.69 Å². The van der Waals surface area contributed by atoms with E-state index in [1.807, 2.05) is 0 Å². The molecule has 1 amide bonds. The molecular weight excluding hydrogens is 360 g/mol. The van der Waals surface area contributed by atoms with Gasteiger partial charge in [-0.1, -0.05) is 11.6 Å². The molecule has 8 heteroatoms. The Bertz CT molecular complexity index is 780. The molecule has 0 saturated heterocycles. The van der Waals surface area contributed by atoms with Crippen molar-refractivity contribution in [3.05, 3.63) is 63.2 Å². The molecule has 0 heterocycles. The Morgan fingerprint density at radius 1 is 1.23 bits per heavy atom. The van der Waals surface area contributed by atoms with Crippen LogP contribution in [0.5, 0.6) is 11.5 Å². The zero-order valence-electron chi connectivity index (χ0n) is 14.5. The average molecular weight is 379 g/mol. The van der Waals surface area contributed by atoms with Crippen LogP contribution in [-0.2, 0) is 0 Å². The van der Waals surface area contributed by atoms with E-state index in [1.54, 1.807) is 31.3 Å². The summed E-state index contributed by atoms with van der Waals surface area (Å²) in [5, 5.41) is 11.7. The number of nitrogens with zero attached hydrogens (tertiary/aromatic N) is 2. The molecule has 0 aliphatic carbocycles. The van der Waals surface area contributed by atoms with Gasteiger partial charge in [0, 0.05) is 30.2 Å². The van der Waals surface area contributed by atoms with Crippen molar-refractivity contribution in [3.8, 4) is 11.5 Å². The molecule has 2 aromatic rings. The molecular formula is C18H19ClN2O5. The summed E-state index contributed by atoms with van der Waals surface area (Å²) >= 11 is 5.81. The Kier molecular flexibility index (Phi) is 6.80. The van der Waals surface area contributed by atoms with Gasteiger partial charge in [0.05, 0.1) is 18.6 Å². The summed E-state index contributed by atoms with van der Waals surface area (Å²) in [6.07, 6.45) is 0.614. The summed E-state index contributed by atoms with van der Waals surface area (Å²) in [6, 6.07) is 11.2. The third kappa shape index (κ3) is 5.10. The fourth-order valence-corrected chi connectivity index (χ4v) is 2.44. The van der Waals surface area contributed by atoms with E-state index in [-0.39, 0.29) is 22.9 Å². The van der Waals surface area contributed by atoms with Gasteiger partial charge < -0.3 is 14.4 Å². The fourth-order valence-electron chi connectivity index (χ4n) is 2.31. The molecule has 7 nitrogen and oxygen atoms in total. The molecule has 0 spiro atoms. The maximum Gasteiger partial charge on any atom is 0.311 e. The maximum atomic E-state index is 12.4. The second-order valence-electron chi connectivity index (χ2n) is 5.53. The van der Waals surface area contributed by atoms with Crippen LogP contribution in [0, 0.1) is 10.1 Å². The summed E-state index contributed by atoms with van der Waals surface area (Å²) in [7, 11) is 2.98. The molecule has 0 aliphatic rings. The highest BCUT2D eigenvalue weighted by atomic mass is 35.5. The number of methoxy groups -OCH3 is 1. The quantitative estimate of drug-likeness (QED) is 0.396. The number of halogens is 1. The molecule has 0 aliphatic heterocycles. The van der Waals surface area contributed by atoms with Gasteiger partial charge in [-0.05, 0) is 42.8 Å². The van der Waals surface area contributed by atoms with Crippen LogP contribution in [0.1, 0.15) is 16.8 Å². The van der Waals surface area contributed by atoms with E-state index < -0.39 is 4.92 Å². The number of hydrogen-bond acceptors (Lipinski definition) is 5. The first-order valence-electron chi connectivity index (χ1n) is 7.88. The predicted octanol–water partition coefficient (Wildman–Crippen LogP) is 3.80. The monoisotopic (exact) mass is 378 g/mol. The average Bonchev–Trinajstić information content (AvgIpc) is 2.65. The van der Waals surface area contributed by atoms with Gasteiger partial charge in [0.1, 0.15) is 5.75 Å². The number of hydrogen-bond donors (Lipinski definition) is 0. The number of ether oxygens (including phenoxy) is 2. The van der Waals surface area contributed by atoms with Crippen LogP contribution in [-0.4, -0.2) is 43.0 Å². The van der Waals surface area contributed by atoms with Gasteiger partial charge in [-0.2, -0.15) is 0 Å². The Morgan fingerprint density at radius 3 is 2.54 bits per heavy atom. The summed E-state index contributed by atoms with van der Waals surface area (Å²) in [5.41, 5.74) is -0.00330. The summed E-state index contributed by atoms with van der Waals surface area (Å²) in [5.74, 6) is 0.516. The number of carbonyl (C=O) groups excluding carboxylic acids is 1. The van der Waals surface area contributed by atoms with Crippen LogP contribution >= 0.6 is 11.6 Å². The lowest BCUT2D eigenvalue weighted by molar-refractivity contribution is -0.385. The third-order valence-electron chi connectivity index (χ3n) is 3.69. The van der Waals surface area contributed by atoms with Crippen LogP contribution in [0.15, 0.2) is 42.5 Å². The Labute approximate surface area is 156 Å². The van der Waals surface area contributed by atoms with E-state index in [0.717, 1.165) is 0 Å². The normalized spacial score (nSPS) is 10.3. The van der Waals surface area contributed by atoms with Crippen LogP contribution in [0.25, 0.3) is 0 Å². The molecule has 2 aromatic carbocycles. The zero-order chi connectivity index (χ0) is 19.1. The Morgan fingerprint density at radius 2 is 1.92 bits per heavy atom. The van der Waals surface area contributed by atoms with Crippen LogP contribution in [0.2, 0.25) is 5.02 Å². The molecule has 0 unspecified atom stereocenters. The van der Waals surface area contributed by atoms with Crippen molar-refractivity contribution < 1.29 is 19.2 Å². The number of nitro groups is 1. The van der Waals surface area contributed by atoms with Crippen molar-refractivity contribution in [2.24, 2.45) is 0 Å². The predicted molar refractivity (Wildman–Crippen MR) is 98.2 cm³/mol. The van der Waals surface area contributed by atoms with Crippen LogP contribution < -0.4 is 9.47 Å². The molecule has 0 aromatic heterocycles. The molecule has 26 heavy (non-hydrogen) atoms. The standard InChI is InChI=1S/C18H19ClN2O5/c1-20(10-3-11-26-15-7-5-14(19)6-8-15)18(22)13-4-9-17(25-2)16(12-13)21(23)24/h4-9,12H,3,10-11H2,1-2H3. The number of carbonyl (C=O) groups is 1.